The summed E-state index contributed by atoms with van der Waals surface area (Å²) in [5.74, 6) is 1.19. The van der Waals surface area contributed by atoms with Crippen molar-refractivity contribution >= 4 is 22.7 Å². The highest BCUT2D eigenvalue weighted by atomic mass is 19.4. The van der Waals surface area contributed by atoms with Crippen LogP contribution in [0.4, 0.5) is 24.7 Å². The van der Waals surface area contributed by atoms with Gasteiger partial charge in [0.05, 0.1) is 5.56 Å². The molecule has 0 radical (unpaired) electrons. The van der Waals surface area contributed by atoms with Crippen LogP contribution in [0, 0.1) is 13.8 Å². The highest BCUT2D eigenvalue weighted by Gasteiger charge is 2.30. The molecule has 7 nitrogen and oxygen atoms in total. The molecule has 0 saturated carbocycles. The van der Waals surface area contributed by atoms with Crippen LogP contribution in [0.25, 0.3) is 28.2 Å². The van der Waals surface area contributed by atoms with E-state index in [0.29, 0.717) is 35.0 Å². The number of nitrogens with zero attached hydrogens (tertiary/aromatic N) is 6. The minimum absolute atomic E-state index is 0.527. The number of hydrogen-bond acceptors (Lipinski definition) is 6. The maximum absolute atomic E-state index is 13.2. The average molecular weight is 586 g/mol. The highest BCUT2D eigenvalue weighted by Crippen LogP contribution is 2.33. The van der Waals surface area contributed by atoms with Crippen molar-refractivity contribution in [1.82, 2.24) is 24.4 Å². The molecule has 2 aromatic heterocycles. The lowest BCUT2D eigenvalue weighted by molar-refractivity contribution is -0.137. The molecule has 0 unspecified atom stereocenters. The van der Waals surface area contributed by atoms with E-state index < -0.39 is 11.7 Å². The largest absolute Gasteiger partial charge is 0.416 e. The topological polar surface area (TPSA) is 62.1 Å². The second kappa shape index (κ2) is 12.0. The summed E-state index contributed by atoms with van der Waals surface area (Å²) < 4.78 is 41.5. The Labute approximate surface area is 249 Å². The van der Waals surface area contributed by atoms with Gasteiger partial charge in [0.1, 0.15) is 12.2 Å². The van der Waals surface area contributed by atoms with Crippen LogP contribution in [0.5, 0.6) is 0 Å². The minimum atomic E-state index is -4.41. The summed E-state index contributed by atoms with van der Waals surface area (Å²) in [6.07, 6.45) is -2.01. The third kappa shape index (κ3) is 6.06. The molecule has 1 aliphatic rings. The fourth-order valence-corrected chi connectivity index (χ4v) is 5.65. The second-order valence-corrected chi connectivity index (χ2v) is 10.9. The summed E-state index contributed by atoms with van der Waals surface area (Å²) in [6, 6.07) is 21.1. The monoisotopic (exact) mass is 585 g/mol. The van der Waals surface area contributed by atoms with Gasteiger partial charge in [0, 0.05) is 49.7 Å². The van der Waals surface area contributed by atoms with E-state index in [0.717, 1.165) is 56.8 Å². The quantitative estimate of drug-likeness (QED) is 0.204. The molecule has 10 heteroatoms. The minimum Gasteiger partial charge on any atom is -0.369 e. The molecule has 0 spiro atoms. The molecule has 1 N–H and O–H groups in total. The van der Waals surface area contributed by atoms with Crippen molar-refractivity contribution < 1.29 is 13.2 Å². The van der Waals surface area contributed by atoms with Gasteiger partial charge in [0.2, 0.25) is 0 Å². The summed E-state index contributed by atoms with van der Waals surface area (Å²) >= 11 is 0. The number of halogens is 3. The Balaban J connectivity index is 1.16. The summed E-state index contributed by atoms with van der Waals surface area (Å²) in [6.45, 7) is 10.1. The highest BCUT2D eigenvalue weighted by molar-refractivity contribution is 5.88. The third-order valence-corrected chi connectivity index (χ3v) is 8.16. The Morgan fingerprint density at radius 2 is 1.58 bits per heavy atom. The van der Waals surface area contributed by atoms with E-state index in [1.54, 1.807) is 4.57 Å². The van der Waals surface area contributed by atoms with Gasteiger partial charge in [-0.25, -0.2) is 15.0 Å². The molecule has 43 heavy (non-hydrogen) atoms. The van der Waals surface area contributed by atoms with Crippen molar-refractivity contribution in [3.63, 3.8) is 0 Å². The summed E-state index contributed by atoms with van der Waals surface area (Å²) in [5, 5.41) is 3.44. The Kier molecular flexibility index (Phi) is 8.03. The van der Waals surface area contributed by atoms with Gasteiger partial charge in [-0.2, -0.15) is 13.2 Å². The molecule has 6 rings (SSSR count). The Morgan fingerprint density at radius 1 is 0.837 bits per heavy atom. The lowest BCUT2D eigenvalue weighted by atomic mass is 10.1. The second-order valence-electron chi connectivity index (χ2n) is 10.9. The van der Waals surface area contributed by atoms with E-state index in [-0.39, 0.29) is 0 Å². The van der Waals surface area contributed by atoms with Gasteiger partial charge in [-0.15, -0.1) is 0 Å². The predicted octanol–water partition coefficient (Wildman–Crippen LogP) is 6.74. The molecular formula is C33H34F3N7. The Bertz CT molecular complexity index is 1690. The van der Waals surface area contributed by atoms with E-state index in [1.165, 1.54) is 35.3 Å². The molecule has 3 aromatic carbocycles. The zero-order valence-electron chi connectivity index (χ0n) is 24.3. The van der Waals surface area contributed by atoms with Crippen molar-refractivity contribution in [2.24, 2.45) is 0 Å². The number of piperazine rings is 1. The number of benzene rings is 3. The molecule has 222 valence electrons. The van der Waals surface area contributed by atoms with Gasteiger partial charge in [-0.3, -0.25) is 9.47 Å². The number of nitrogens with one attached hydrogen (secondary N) is 1. The number of hydrogen-bond donors (Lipinski definition) is 1. The van der Waals surface area contributed by atoms with Crippen LogP contribution in [0.1, 0.15) is 23.1 Å². The van der Waals surface area contributed by atoms with Crippen molar-refractivity contribution in [2.75, 3.05) is 49.5 Å². The van der Waals surface area contributed by atoms with Gasteiger partial charge in [0.15, 0.2) is 17.0 Å². The van der Waals surface area contributed by atoms with Crippen LogP contribution in [0.2, 0.25) is 0 Å². The first-order chi connectivity index (χ1) is 20.8. The van der Waals surface area contributed by atoms with Gasteiger partial charge in [-0.05, 0) is 68.3 Å². The van der Waals surface area contributed by atoms with E-state index in [4.69, 9.17) is 4.98 Å². The first kappa shape index (κ1) is 28.7. The SMILES string of the molecule is Cc1cccc(N2CCN(CCCNc3ncnc4c3nc(-c3ccccc3)n4-c3ccc(C(F)(F)F)cc3)CC2)c1C. The predicted molar refractivity (Wildman–Crippen MR) is 165 cm³/mol. The zero-order chi connectivity index (χ0) is 30.0. The lowest BCUT2D eigenvalue weighted by Crippen LogP contribution is -2.47. The van der Waals surface area contributed by atoms with Crippen molar-refractivity contribution in [2.45, 2.75) is 26.4 Å². The van der Waals surface area contributed by atoms with Crippen molar-refractivity contribution in [3.8, 4) is 17.1 Å². The van der Waals surface area contributed by atoms with Gasteiger partial charge < -0.3 is 10.2 Å². The number of alkyl halides is 3. The van der Waals surface area contributed by atoms with E-state index in [2.05, 4.69) is 57.1 Å². The summed E-state index contributed by atoms with van der Waals surface area (Å²) in [7, 11) is 0. The van der Waals surface area contributed by atoms with Gasteiger partial charge >= 0.3 is 6.18 Å². The molecule has 0 bridgehead atoms. The lowest BCUT2D eigenvalue weighted by Gasteiger charge is -2.37. The summed E-state index contributed by atoms with van der Waals surface area (Å²) in [5.41, 5.74) is 5.77. The van der Waals surface area contributed by atoms with Gasteiger partial charge in [0.25, 0.3) is 0 Å². The van der Waals surface area contributed by atoms with Crippen LogP contribution in [-0.2, 0) is 6.18 Å². The molecule has 0 atom stereocenters. The molecule has 1 aliphatic heterocycles. The molecule has 3 heterocycles. The number of aryl methyl sites for hydroxylation is 1. The molecular weight excluding hydrogens is 551 g/mol. The third-order valence-electron chi connectivity index (χ3n) is 8.16. The maximum atomic E-state index is 13.2. The van der Waals surface area contributed by atoms with Crippen LogP contribution in [0.15, 0.2) is 79.1 Å². The normalized spacial score (nSPS) is 14.4. The molecule has 0 aliphatic carbocycles. The standard InChI is InChI=1S/C33H34F3N7/c1-23-8-6-11-28(24(23)2)42-20-18-41(19-21-42)17-7-16-37-30-29-32(39-22-38-30)43(31(40-29)25-9-4-3-5-10-25)27-14-12-26(13-15-27)33(34,35)36/h3-6,8-15,22H,7,16-21H2,1-2H3,(H,37,38,39). The number of anilines is 2. The summed E-state index contributed by atoms with van der Waals surface area (Å²) in [4.78, 5) is 18.8. The first-order valence-corrected chi connectivity index (χ1v) is 14.5. The number of fused-ring (bicyclic) bond motifs is 1. The fraction of sp³-hybridized carbons (Fsp3) is 0.303. The van der Waals surface area contributed by atoms with Crippen LogP contribution in [-0.4, -0.2) is 63.7 Å². The molecule has 0 amide bonds. The Hall–Kier alpha value is -4.44. The van der Waals surface area contributed by atoms with Crippen LogP contribution in [0.3, 0.4) is 0 Å². The fourth-order valence-electron chi connectivity index (χ4n) is 5.65. The van der Waals surface area contributed by atoms with E-state index in [9.17, 15) is 13.2 Å². The molecule has 1 fully saturated rings. The number of aromatic nitrogens is 4. The zero-order valence-corrected chi connectivity index (χ0v) is 24.3. The smallest absolute Gasteiger partial charge is 0.369 e. The number of rotatable bonds is 8. The van der Waals surface area contributed by atoms with Crippen LogP contribution >= 0.6 is 0 Å². The van der Waals surface area contributed by atoms with E-state index >= 15 is 0 Å². The van der Waals surface area contributed by atoms with E-state index in [1.807, 2.05) is 30.3 Å². The van der Waals surface area contributed by atoms with Crippen molar-refractivity contribution in [1.29, 1.82) is 0 Å². The average Bonchev–Trinajstić information content (AvgIpc) is 3.42. The number of imidazole rings is 1. The van der Waals surface area contributed by atoms with Crippen molar-refractivity contribution in [3.05, 3.63) is 95.8 Å². The first-order valence-electron chi connectivity index (χ1n) is 14.5. The molecule has 5 aromatic rings. The Morgan fingerprint density at radius 3 is 2.30 bits per heavy atom. The maximum Gasteiger partial charge on any atom is 0.416 e. The molecule has 1 saturated heterocycles. The van der Waals surface area contributed by atoms with Crippen LogP contribution < -0.4 is 10.2 Å². The van der Waals surface area contributed by atoms with Gasteiger partial charge in [-0.1, -0.05) is 42.5 Å².